The van der Waals surface area contributed by atoms with Crippen LogP contribution in [0.4, 0.5) is 4.79 Å². The molecule has 0 saturated carbocycles. The maximum Gasteiger partial charge on any atom is 0.410 e. The van der Waals surface area contributed by atoms with E-state index in [2.05, 4.69) is 10.3 Å². The Morgan fingerprint density at radius 1 is 1.50 bits per heavy atom. The fourth-order valence-corrected chi connectivity index (χ4v) is 2.08. The van der Waals surface area contributed by atoms with E-state index in [4.69, 9.17) is 9.15 Å². The Morgan fingerprint density at radius 3 is 2.73 bits per heavy atom. The number of aromatic nitrogens is 1. The van der Waals surface area contributed by atoms with Crippen LogP contribution in [-0.2, 0) is 22.5 Å². The van der Waals surface area contributed by atoms with E-state index in [1.165, 1.54) is 4.90 Å². The van der Waals surface area contributed by atoms with Gasteiger partial charge in [0.15, 0.2) is 5.89 Å². The summed E-state index contributed by atoms with van der Waals surface area (Å²) in [5.41, 5.74) is -0.565. The third-order valence-electron chi connectivity index (χ3n) is 3.29. The van der Waals surface area contributed by atoms with E-state index in [-0.39, 0.29) is 12.5 Å². The Hall–Kier alpha value is -2.05. The highest BCUT2D eigenvalue weighted by molar-refractivity contribution is 5.87. The van der Waals surface area contributed by atoms with E-state index < -0.39 is 17.7 Å². The SMILES string of the molecule is CCc1ncc(CNC(=O)[C@H]2CCN2C(=O)OC(C)(C)C)o1. The van der Waals surface area contributed by atoms with Crippen LogP contribution in [0.15, 0.2) is 10.6 Å². The van der Waals surface area contributed by atoms with Gasteiger partial charge in [-0.05, 0) is 27.2 Å². The molecule has 2 amide bonds. The summed E-state index contributed by atoms with van der Waals surface area (Å²) in [5.74, 6) is 1.04. The van der Waals surface area contributed by atoms with Gasteiger partial charge in [-0.15, -0.1) is 0 Å². The topological polar surface area (TPSA) is 84.7 Å². The summed E-state index contributed by atoms with van der Waals surface area (Å²) < 4.78 is 10.7. The second-order valence-corrected chi connectivity index (χ2v) is 6.27. The first-order valence-electron chi connectivity index (χ1n) is 7.51. The number of nitrogens with one attached hydrogen (secondary N) is 1. The van der Waals surface area contributed by atoms with Crippen LogP contribution in [-0.4, -0.2) is 40.1 Å². The zero-order valence-electron chi connectivity index (χ0n) is 13.5. The number of amides is 2. The van der Waals surface area contributed by atoms with Crippen LogP contribution in [0, 0.1) is 0 Å². The van der Waals surface area contributed by atoms with Crippen LogP contribution in [0.5, 0.6) is 0 Å². The van der Waals surface area contributed by atoms with Crippen molar-refractivity contribution < 1.29 is 18.7 Å². The van der Waals surface area contributed by atoms with Crippen molar-refractivity contribution in [3.05, 3.63) is 17.8 Å². The van der Waals surface area contributed by atoms with Crippen LogP contribution in [0.3, 0.4) is 0 Å². The summed E-state index contributed by atoms with van der Waals surface area (Å²) >= 11 is 0. The number of hydrogen-bond donors (Lipinski definition) is 1. The largest absolute Gasteiger partial charge is 0.444 e. The zero-order chi connectivity index (χ0) is 16.3. The molecule has 1 aromatic heterocycles. The number of likely N-dealkylation sites (tertiary alicyclic amines) is 1. The van der Waals surface area contributed by atoms with Crippen molar-refractivity contribution in [3.8, 4) is 0 Å². The molecular weight excluding hydrogens is 286 g/mol. The molecule has 2 rings (SSSR count). The number of rotatable bonds is 4. The molecular formula is C15H23N3O4. The van der Waals surface area contributed by atoms with Crippen molar-refractivity contribution in [2.24, 2.45) is 0 Å². The first-order valence-corrected chi connectivity index (χ1v) is 7.51. The molecule has 7 nitrogen and oxygen atoms in total. The normalized spacial score (nSPS) is 17.8. The highest BCUT2D eigenvalue weighted by Gasteiger charge is 2.39. The van der Waals surface area contributed by atoms with Gasteiger partial charge in [0.1, 0.15) is 17.4 Å². The van der Waals surface area contributed by atoms with Gasteiger partial charge in [0, 0.05) is 13.0 Å². The number of nitrogens with zero attached hydrogens (tertiary/aromatic N) is 2. The lowest BCUT2D eigenvalue weighted by atomic mass is 10.0. The van der Waals surface area contributed by atoms with E-state index >= 15 is 0 Å². The average molecular weight is 309 g/mol. The molecule has 7 heteroatoms. The summed E-state index contributed by atoms with van der Waals surface area (Å²) in [6.07, 6.45) is 2.50. The number of carbonyl (C=O) groups excluding carboxylic acids is 2. The van der Waals surface area contributed by atoms with Gasteiger partial charge in [0.05, 0.1) is 12.7 Å². The molecule has 1 aromatic rings. The molecule has 0 spiro atoms. The highest BCUT2D eigenvalue weighted by Crippen LogP contribution is 2.21. The van der Waals surface area contributed by atoms with Crippen molar-refractivity contribution in [2.75, 3.05) is 6.54 Å². The van der Waals surface area contributed by atoms with Gasteiger partial charge in [-0.3, -0.25) is 9.69 Å². The Morgan fingerprint density at radius 2 is 2.23 bits per heavy atom. The van der Waals surface area contributed by atoms with E-state index in [1.807, 2.05) is 6.92 Å². The molecule has 0 radical (unpaired) electrons. The summed E-state index contributed by atoms with van der Waals surface area (Å²) in [5, 5.41) is 2.76. The predicted molar refractivity (Wildman–Crippen MR) is 79.1 cm³/mol. The summed E-state index contributed by atoms with van der Waals surface area (Å²) in [4.78, 5) is 29.6. The third kappa shape index (κ3) is 3.99. The summed E-state index contributed by atoms with van der Waals surface area (Å²) in [6.45, 7) is 8.15. The first kappa shape index (κ1) is 16.3. The van der Waals surface area contributed by atoms with Gasteiger partial charge in [0.2, 0.25) is 5.91 Å². The van der Waals surface area contributed by atoms with Crippen LogP contribution in [0.25, 0.3) is 0 Å². The summed E-state index contributed by atoms with van der Waals surface area (Å²) in [7, 11) is 0. The molecule has 1 atom stereocenters. The maximum atomic E-state index is 12.1. The molecule has 1 fully saturated rings. The van der Waals surface area contributed by atoms with E-state index in [0.29, 0.717) is 31.0 Å². The first-order chi connectivity index (χ1) is 10.3. The van der Waals surface area contributed by atoms with Crippen molar-refractivity contribution in [1.29, 1.82) is 0 Å². The maximum absolute atomic E-state index is 12.1. The average Bonchev–Trinajstić information content (AvgIpc) is 2.80. The lowest BCUT2D eigenvalue weighted by molar-refractivity contribution is -0.130. The van der Waals surface area contributed by atoms with Crippen LogP contribution < -0.4 is 5.32 Å². The molecule has 22 heavy (non-hydrogen) atoms. The zero-order valence-corrected chi connectivity index (χ0v) is 13.5. The van der Waals surface area contributed by atoms with Gasteiger partial charge in [-0.1, -0.05) is 6.92 Å². The monoisotopic (exact) mass is 309 g/mol. The standard InChI is InChI=1S/C15H23N3O4/c1-5-12-16-8-10(21-12)9-17-13(19)11-6-7-18(11)14(20)22-15(2,3)4/h8,11H,5-7,9H2,1-4H3,(H,17,19)/t11-/m1/s1. The third-order valence-corrected chi connectivity index (χ3v) is 3.29. The smallest absolute Gasteiger partial charge is 0.410 e. The van der Waals surface area contributed by atoms with E-state index in [9.17, 15) is 9.59 Å². The van der Waals surface area contributed by atoms with E-state index in [0.717, 1.165) is 0 Å². The quantitative estimate of drug-likeness (QED) is 0.917. The minimum absolute atomic E-state index is 0.202. The molecule has 1 aliphatic rings. The van der Waals surface area contributed by atoms with Crippen molar-refractivity contribution in [1.82, 2.24) is 15.2 Å². The lowest BCUT2D eigenvalue weighted by Crippen LogP contribution is -2.59. The van der Waals surface area contributed by atoms with Crippen molar-refractivity contribution >= 4 is 12.0 Å². The van der Waals surface area contributed by atoms with E-state index in [1.54, 1.807) is 27.0 Å². The van der Waals surface area contributed by atoms with Gasteiger partial charge in [0.25, 0.3) is 0 Å². The van der Waals surface area contributed by atoms with Crippen molar-refractivity contribution in [3.63, 3.8) is 0 Å². The lowest BCUT2D eigenvalue weighted by Gasteiger charge is -2.40. The molecule has 0 unspecified atom stereocenters. The Kier molecular flexibility index (Phi) is 4.73. The van der Waals surface area contributed by atoms with Crippen LogP contribution >= 0.6 is 0 Å². The Bertz CT molecular complexity index is 547. The molecule has 0 aliphatic carbocycles. The molecule has 2 heterocycles. The number of oxazole rings is 1. The van der Waals surface area contributed by atoms with Gasteiger partial charge in [-0.2, -0.15) is 0 Å². The highest BCUT2D eigenvalue weighted by atomic mass is 16.6. The second-order valence-electron chi connectivity index (χ2n) is 6.27. The Balaban J connectivity index is 1.83. The molecule has 0 bridgehead atoms. The van der Waals surface area contributed by atoms with Gasteiger partial charge < -0.3 is 14.5 Å². The van der Waals surface area contributed by atoms with Crippen molar-refractivity contribution in [2.45, 2.75) is 58.7 Å². The van der Waals surface area contributed by atoms with Gasteiger partial charge in [-0.25, -0.2) is 9.78 Å². The minimum atomic E-state index is -0.565. The Labute approximate surface area is 130 Å². The fourth-order valence-electron chi connectivity index (χ4n) is 2.08. The number of hydrogen-bond acceptors (Lipinski definition) is 5. The van der Waals surface area contributed by atoms with Gasteiger partial charge >= 0.3 is 6.09 Å². The second kappa shape index (κ2) is 6.37. The molecule has 1 N–H and O–H groups in total. The molecule has 1 aliphatic heterocycles. The van der Waals surface area contributed by atoms with Crippen LogP contribution in [0.1, 0.15) is 45.8 Å². The number of aryl methyl sites for hydroxylation is 1. The number of carbonyl (C=O) groups is 2. The van der Waals surface area contributed by atoms with Crippen LogP contribution in [0.2, 0.25) is 0 Å². The molecule has 122 valence electrons. The summed E-state index contributed by atoms with van der Waals surface area (Å²) in [6, 6.07) is -0.469. The molecule has 0 aromatic carbocycles. The number of ether oxygens (including phenoxy) is 1. The predicted octanol–water partition coefficient (Wildman–Crippen LogP) is 1.86. The minimum Gasteiger partial charge on any atom is -0.444 e. The fraction of sp³-hybridized carbons (Fsp3) is 0.667. The molecule has 1 saturated heterocycles.